The van der Waals surface area contributed by atoms with Gasteiger partial charge in [-0.1, -0.05) is 150 Å². The number of benzene rings is 8. The van der Waals surface area contributed by atoms with Gasteiger partial charge in [0.15, 0.2) is 0 Å². The SMILES string of the molecule is CC(C)(C)c1cc2c3c(c1)N1c4c(cc(C(C)(C)C)cc4-n4c5ccc(C(C)(C)C)cc5c5cc(C(C)(C)C)cc1c54)B3c1oc3ccc(-c4ccccc4)cc3c1N2c1ccc2oc3ccccc3c2c1. The molecule has 0 radical (unpaired) electrons. The molecule has 3 aliphatic rings. The number of furan rings is 2. The summed E-state index contributed by atoms with van der Waals surface area (Å²) < 4.78 is 16.6. The summed E-state index contributed by atoms with van der Waals surface area (Å²) in [5, 5.41) is 5.89. The predicted molar refractivity (Wildman–Crippen MR) is 306 cm³/mol. The molecule has 0 saturated carbocycles. The van der Waals surface area contributed by atoms with Gasteiger partial charge in [0.2, 0.25) is 0 Å². The lowest BCUT2D eigenvalue weighted by Crippen LogP contribution is -2.61. The van der Waals surface area contributed by atoms with Crippen molar-refractivity contribution in [3.8, 4) is 16.8 Å². The molecule has 14 rings (SSSR count). The van der Waals surface area contributed by atoms with Crippen LogP contribution in [0.3, 0.4) is 0 Å². The largest absolute Gasteiger partial charge is 0.468 e. The molecule has 6 heterocycles. The van der Waals surface area contributed by atoms with Gasteiger partial charge in [0, 0.05) is 44.0 Å². The molecule has 0 aliphatic carbocycles. The second-order valence-electron chi connectivity index (χ2n) is 25.1. The zero-order chi connectivity index (χ0) is 49.7. The van der Waals surface area contributed by atoms with E-state index in [-0.39, 0.29) is 28.4 Å². The van der Waals surface area contributed by atoms with E-state index in [9.17, 15) is 0 Å². The molecule has 0 amide bonds. The van der Waals surface area contributed by atoms with Crippen molar-refractivity contribution < 1.29 is 8.83 Å². The molecule has 11 aromatic rings. The molecule has 354 valence electrons. The first-order valence-corrected chi connectivity index (χ1v) is 25.9. The summed E-state index contributed by atoms with van der Waals surface area (Å²) in [6, 6.07) is 55.0. The number of rotatable bonds is 2. The van der Waals surface area contributed by atoms with Crippen LogP contribution in [0.4, 0.5) is 34.1 Å². The highest BCUT2D eigenvalue weighted by Gasteiger charge is 2.50. The molecule has 0 unspecified atom stereocenters. The number of fused-ring (bicyclic) bond motifs is 14. The number of nitrogens with zero attached hydrogens (tertiary/aromatic N) is 3. The van der Waals surface area contributed by atoms with Crippen molar-refractivity contribution in [3.05, 3.63) is 168 Å². The van der Waals surface area contributed by atoms with E-state index in [1.165, 1.54) is 89.0 Å². The molecule has 0 atom stereocenters. The van der Waals surface area contributed by atoms with Gasteiger partial charge in [-0.2, -0.15) is 0 Å². The maximum absolute atomic E-state index is 7.54. The fourth-order valence-corrected chi connectivity index (χ4v) is 12.3. The summed E-state index contributed by atoms with van der Waals surface area (Å²) in [6.07, 6.45) is 0. The Morgan fingerprint density at radius 3 is 1.72 bits per heavy atom. The quantitative estimate of drug-likeness (QED) is 0.162. The molecule has 6 heteroatoms. The molecule has 0 N–H and O–H groups in total. The van der Waals surface area contributed by atoms with Crippen molar-refractivity contribution in [3.63, 3.8) is 0 Å². The van der Waals surface area contributed by atoms with Crippen LogP contribution in [0.5, 0.6) is 0 Å². The van der Waals surface area contributed by atoms with Crippen LogP contribution in [0.15, 0.2) is 154 Å². The highest BCUT2D eigenvalue weighted by atomic mass is 16.3. The Kier molecular flexibility index (Phi) is 8.53. The van der Waals surface area contributed by atoms with Crippen molar-refractivity contribution in [2.24, 2.45) is 0 Å². The maximum Gasteiger partial charge on any atom is 0.297 e. The molecule has 8 aromatic carbocycles. The highest BCUT2D eigenvalue weighted by Crippen LogP contribution is 2.56. The number of hydrogen-bond donors (Lipinski definition) is 0. The lowest BCUT2D eigenvalue weighted by molar-refractivity contribution is 0.589. The molecule has 0 saturated heterocycles. The Bertz CT molecular complexity index is 4160. The molecule has 3 aliphatic heterocycles. The minimum absolute atomic E-state index is 0.0128. The molecule has 72 heavy (non-hydrogen) atoms. The Labute approximate surface area is 422 Å². The standard InChI is InChI=1S/C66H60BN3O2/c1-63(2,3)39-23-25-50-45(29-39)47-30-40(64(4,5)6)34-53-59(47)69(50)54-35-41(65(7,8)9)31-49-61(54)70(53)52-33-42(66(10,11)12)32-51-58(52)67(49)62-60(48-28-38(22-26-57(48)72-62)37-18-14-13-15-19-37)68(51)43-24-27-56-46(36-43)44-20-16-17-21-55(44)71-56/h13-36H,1-12H3. The number of anilines is 6. The van der Waals surface area contributed by atoms with Crippen molar-refractivity contribution in [1.29, 1.82) is 0 Å². The first-order chi connectivity index (χ1) is 34.2. The van der Waals surface area contributed by atoms with Crippen LogP contribution in [0.1, 0.15) is 105 Å². The summed E-state index contributed by atoms with van der Waals surface area (Å²) in [5.74, 6) is 0. The molecular weight excluding hydrogens is 878 g/mol. The highest BCUT2D eigenvalue weighted by molar-refractivity contribution is 7.00. The van der Waals surface area contributed by atoms with Gasteiger partial charge in [-0.05, 0) is 145 Å². The van der Waals surface area contributed by atoms with E-state index in [0.717, 1.165) is 55.5 Å². The van der Waals surface area contributed by atoms with Crippen LogP contribution in [0.25, 0.3) is 71.5 Å². The molecule has 0 spiro atoms. The minimum atomic E-state index is -0.217. The first-order valence-electron chi connectivity index (χ1n) is 25.9. The van der Waals surface area contributed by atoms with Crippen LogP contribution in [-0.2, 0) is 21.7 Å². The molecule has 3 aromatic heterocycles. The van der Waals surface area contributed by atoms with Gasteiger partial charge < -0.3 is 23.2 Å². The summed E-state index contributed by atoms with van der Waals surface area (Å²) >= 11 is 0. The van der Waals surface area contributed by atoms with Crippen LogP contribution < -0.4 is 26.4 Å². The Morgan fingerprint density at radius 1 is 0.389 bits per heavy atom. The predicted octanol–water partition coefficient (Wildman–Crippen LogP) is 16.7. The van der Waals surface area contributed by atoms with Gasteiger partial charge >= 0.3 is 0 Å². The number of aromatic nitrogens is 1. The molecule has 0 bridgehead atoms. The van der Waals surface area contributed by atoms with Gasteiger partial charge in [-0.15, -0.1) is 0 Å². The second kappa shape index (κ2) is 14.2. The number of para-hydroxylation sites is 1. The topological polar surface area (TPSA) is 37.7 Å². The maximum atomic E-state index is 7.54. The third kappa shape index (κ3) is 6.01. The van der Waals surface area contributed by atoms with Crippen LogP contribution in [0.2, 0.25) is 0 Å². The van der Waals surface area contributed by atoms with Crippen LogP contribution in [-0.4, -0.2) is 11.3 Å². The van der Waals surface area contributed by atoms with E-state index in [2.05, 4.69) is 243 Å². The molecule has 5 nitrogen and oxygen atoms in total. The summed E-state index contributed by atoms with van der Waals surface area (Å²) in [6.45, 7) is 28.0. The van der Waals surface area contributed by atoms with Crippen molar-refractivity contribution in [2.75, 3.05) is 9.80 Å². The third-order valence-electron chi connectivity index (χ3n) is 16.2. The van der Waals surface area contributed by atoms with Crippen molar-refractivity contribution in [2.45, 2.75) is 105 Å². The van der Waals surface area contributed by atoms with Gasteiger partial charge in [0.25, 0.3) is 6.71 Å². The summed E-state index contributed by atoms with van der Waals surface area (Å²) in [4.78, 5) is 5.21. The number of hydrogen-bond acceptors (Lipinski definition) is 4. The lowest BCUT2D eigenvalue weighted by atomic mass is 9.35. The van der Waals surface area contributed by atoms with E-state index in [4.69, 9.17) is 8.83 Å². The zero-order valence-corrected chi connectivity index (χ0v) is 43.6. The van der Waals surface area contributed by atoms with E-state index < -0.39 is 0 Å². The van der Waals surface area contributed by atoms with Gasteiger partial charge in [0.05, 0.1) is 39.4 Å². The average Bonchev–Trinajstić information content (AvgIpc) is 4.02. The Balaban J connectivity index is 1.17. The smallest absolute Gasteiger partial charge is 0.297 e. The van der Waals surface area contributed by atoms with Crippen molar-refractivity contribution >= 4 is 112 Å². The van der Waals surface area contributed by atoms with Gasteiger partial charge in [-0.3, -0.25) is 0 Å². The van der Waals surface area contributed by atoms with E-state index >= 15 is 0 Å². The second-order valence-corrected chi connectivity index (χ2v) is 25.1. The molecular formula is C66H60BN3O2. The van der Waals surface area contributed by atoms with Gasteiger partial charge in [-0.25, -0.2) is 0 Å². The lowest BCUT2D eigenvalue weighted by Gasteiger charge is -2.46. The van der Waals surface area contributed by atoms with Crippen LogP contribution >= 0.6 is 0 Å². The monoisotopic (exact) mass is 937 g/mol. The fraction of sp³-hybridized carbons (Fsp3) is 0.242. The average molecular weight is 938 g/mol. The van der Waals surface area contributed by atoms with Crippen molar-refractivity contribution in [1.82, 2.24) is 4.57 Å². The third-order valence-corrected chi connectivity index (χ3v) is 16.2. The summed E-state index contributed by atoms with van der Waals surface area (Å²) in [7, 11) is 0. The first kappa shape index (κ1) is 43.4. The van der Waals surface area contributed by atoms with E-state index in [0.29, 0.717) is 0 Å². The van der Waals surface area contributed by atoms with Crippen LogP contribution in [0, 0.1) is 0 Å². The fourth-order valence-electron chi connectivity index (χ4n) is 12.3. The van der Waals surface area contributed by atoms with E-state index in [1.807, 2.05) is 0 Å². The normalized spacial score (nSPS) is 14.3. The summed E-state index contributed by atoms with van der Waals surface area (Å²) in [5.41, 5.74) is 23.9. The van der Waals surface area contributed by atoms with Gasteiger partial charge in [0.1, 0.15) is 16.7 Å². The van der Waals surface area contributed by atoms with E-state index in [1.54, 1.807) is 0 Å². The minimum Gasteiger partial charge on any atom is -0.468 e. The Morgan fingerprint density at radius 2 is 0.986 bits per heavy atom. The molecule has 0 fully saturated rings. The Hall–Kier alpha value is -7.44. The zero-order valence-electron chi connectivity index (χ0n) is 43.6.